The van der Waals surface area contributed by atoms with Crippen molar-refractivity contribution in [3.05, 3.63) is 90.5 Å². The first-order valence-electron chi connectivity index (χ1n) is 8.31. The van der Waals surface area contributed by atoms with Crippen molar-refractivity contribution in [3.8, 4) is 0 Å². The largest absolute Gasteiger partial charge is 0.348 e. The lowest BCUT2D eigenvalue weighted by Gasteiger charge is -2.38. The van der Waals surface area contributed by atoms with Gasteiger partial charge in [-0.2, -0.15) is 0 Å². The number of nitrogens with one attached hydrogen (secondary N) is 3. The van der Waals surface area contributed by atoms with Gasteiger partial charge in [0.05, 0.1) is 5.69 Å². The second kappa shape index (κ2) is 6.37. The standard InChI is InChI=1S/C21H17N3O2/c25-19-17-13-7-8-14-18(17)22-20(26)21(19,23-15-9-3-1-4-10-15)24-16-11-5-2-6-12-16/h1-14,23-24H,(H,22,26). The van der Waals surface area contributed by atoms with Gasteiger partial charge in [0.15, 0.2) is 0 Å². The van der Waals surface area contributed by atoms with E-state index >= 15 is 0 Å². The Hall–Kier alpha value is -3.60. The van der Waals surface area contributed by atoms with Gasteiger partial charge in [0.2, 0.25) is 5.78 Å². The van der Waals surface area contributed by atoms with E-state index in [2.05, 4.69) is 16.0 Å². The molecule has 5 nitrogen and oxygen atoms in total. The summed E-state index contributed by atoms with van der Waals surface area (Å²) in [6, 6.07) is 25.4. The van der Waals surface area contributed by atoms with Crippen LogP contribution in [0.25, 0.3) is 0 Å². The van der Waals surface area contributed by atoms with E-state index in [1.54, 1.807) is 24.3 Å². The third kappa shape index (κ3) is 2.69. The highest BCUT2D eigenvalue weighted by Crippen LogP contribution is 2.31. The molecular weight excluding hydrogens is 326 g/mol. The molecule has 3 aromatic rings. The molecule has 3 aromatic carbocycles. The van der Waals surface area contributed by atoms with E-state index in [1.165, 1.54) is 0 Å². The number of Topliss-reactive ketones (excluding diaryl/α,β-unsaturated/α-hetero) is 1. The predicted octanol–water partition coefficient (Wildman–Crippen LogP) is 3.74. The van der Waals surface area contributed by atoms with Gasteiger partial charge >= 0.3 is 0 Å². The van der Waals surface area contributed by atoms with Crippen LogP contribution in [0.1, 0.15) is 10.4 Å². The molecule has 0 aliphatic carbocycles. The summed E-state index contributed by atoms with van der Waals surface area (Å²) < 4.78 is 0. The van der Waals surface area contributed by atoms with Crippen molar-refractivity contribution in [2.24, 2.45) is 0 Å². The quantitative estimate of drug-likeness (QED) is 0.498. The van der Waals surface area contributed by atoms with Gasteiger partial charge in [-0.15, -0.1) is 0 Å². The summed E-state index contributed by atoms with van der Waals surface area (Å²) in [5.41, 5.74) is 0.663. The minimum atomic E-state index is -1.64. The van der Waals surface area contributed by atoms with Crippen LogP contribution in [-0.2, 0) is 4.79 Å². The van der Waals surface area contributed by atoms with Crippen molar-refractivity contribution in [2.75, 3.05) is 16.0 Å². The van der Waals surface area contributed by atoms with Gasteiger partial charge in [0.25, 0.3) is 11.6 Å². The van der Waals surface area contributed by atoms with E-state index in [9.17, 15) is 9.59 Å². The molecule has 0 bridgehead atoms. The Morgan fingerprint density at radius 3 is 1.73 bits per heavy atom. The molecule has 0 saturated carbocycles. The van der Waals surface area contributed by atoms with Gasteiger partial charge in [-0.3, -0.25) is 9.59 Å². The van der Waals surface area contributed by atoms with Crippen LogP contribution in [0.2, 0.25) is 0 Å². The summed E-state index contributed by atoms with van der Waals surface area (Å²) in [4.78, 5) is 26.4. The zero-order chi connectivity index (χ0) is 18.0. The molecule has 1 aliphatic heterocycles. The lowest BCUT2D eigenvalue weighted by atomic mass is 9.90. The van der Waals surface area contributed by atoms with Crippen molar-refractivity contribution in [2.45, 2.75) is 5.66 Å². The topological polar surface area (TPSA) is 70.2 Å². The van der Waals surface area contributed by atoms with Crippen LogP contribution >= 0.6 is 0 Å². The van der Waals surface area contributed by atoms with Crippen LogP contribution in [0.4, 0.5) is 17.1 Å². The number of amides is 1. The number of carbonyl (C=O) groups is 2. The Balaban J connectivity index is 1.82. The maximum Gasteiger partial charge on any atom is 0.279 e. The second-order valence-corrected chi connectivity index (χ2v) is 6.06. The molecule has 0 fully saturated rings. The molecule has 1 heterocycles. The highest BCUT2D eigenvalue weighted by atomic mass is 16.2. The van der Waals surface area contributed by atoms with Crippen LogP contribution in [0.15, 0.2) is 84.9 Å². The molecule has 0 atom stereocenters. The molecule has 5 heteroatoms. The fraction of sp³-hybridized carbons (Fsp3) is 0.0476. The summed E-state index contributed by atoms with van der Waals surface area (Å²) >= 11 is 0. The molecule has 1 aliphatic rings. The zero-order valence-electron chi connectivity index (χ0n) is 13.9. The first kappa shape index (κ1) is 15.9. The fourth-order valence-corrected chi connectivity index (χ4v) is 3.05. The number of rotatable bonds is 4. The molecule has 128 valence electrons. The molecule has 26 heavy (non-hydrogen) atoms. The molecule has 0 radical (unpaired) electrons. The van der Waals surface area contributed by atoms with E-state index in [4.69, 9.17) is 0 Å². The summed E-state index contributed by atoms with van der Waals surface area (Å²) in [7, 11) is 0. The van der Waals surface area contributed by atoms with E-state index < -0.39 is 11.6 Å². The number of fused-ring (bicyclic) bond motifs is 1. The molecule has 1 amide bonds. The Kier molecular flexibility index (Phi) is 3.89. The Labute approximate surface area is 151 Å². The van der Waals surface area contributed by atoms with E-state index in [-0.39, 0.29) is 5.78 Å². The summed E-state index contributed by atoms with van der Waals surface area (Å²) in [6.07, 6.45) is 0. The minimum absolute atomic E-state index is 0.329. The molecule has 0 spiro atoms. The summed E-state index contributed by atoms with van der Waals surface area (Å²) in [5, 5.41) is 9.06. The van der Waals surface area contributed by atoms with Crippen molar-refractivity contribution in [3.63, 3.8) is 0 Å². The van der Waals surface area contributed by atoms with Crippen LogP contribution in [0.5, 0.6) is 0 Å². The number of ketones is 1. The maximum absolute atomic E-state index is 13.4. The van der Waals surface area contributed by atoms with Crippen molar-refractivity contribution in [1.29, 1.82) is 0 Å². The SMILES string of the molecule is O=C1Nc2ccccc2C(=O)C1(Nc1ccccc1)Nc1ccccc1. The van der Waals surface area contributed by atoms with E-state index in [0.717, 1.165) is 0 Å². The number of hydrogen-bond donors (Lipinski definition) is 3. The third-order valence-corrected chi connectivity index (χ3v) is 4.31. The first-order chi connectivity index (χ1) is 12.7. The Morgan fingerprint density at radius 1 is 0.654 bits per heavy atom. The van der Waals surface area contributed by atoms with Crippen LogP contribution < -0.4 is 16.0 Å². The third-order valence-electron chi connectivity index (χ3n) is 4.31. The number of carbonyl (C=O) groups excluding carboxylic acids is 2. The maximum atomic E-state index is 13.4. The lowest BCUT2D eigenvalue weighted by Crippen LogP contribution is -2.63. The van der Waals surface area contributed by atoms with Crippen LogP contribution in [0.3, 0.4) is 0 Å². The molecule has 0 aromatic heterocycles. The van der Waals surface area contributed by atoms with Gasteiger partial charge < -0.3 is 16.0 Å². The molecule has 0 unspecified atom stereocenters. The van der Waals surface area contributed by atoms with Crippen molar-refractivity contribution < 1.29 is 9.59 Å². The lowest BCUT2D eigenvalue weighted by molar-refractivity contribution is -0.118. The zero-order valence-corrected chi connectivity index (χ0v) is 13.9. The van der Waals surface area contributed by atoms with Crippen molar-refractivity contribution in [1.82, 2.24) is 0 Å². The van der Waals surface area contributed by atoms with E-state index in [1.807, 2.05) is 60.7 Å². The van der Waals surface area contributed by atoms with Crippen LogP contribution in [-0.4, -0.2) is 17.4 Å². The van der Waals surface area contributed by atoms with Gasteiger partial charge in [-0.25, -0.2) is 0 Å². The number of benzene rings is 3. The number of anilines is 3. The summed E-state index contributed by atoms with van der Waals surface area (Å²) in [5.74, 6) is -0.779. The van der Waals surface area contributed by atoms with Gasteiger partial charge in [-0.05, 0) is 36.4 Å². The van der Waals surface area contributed by atoms with Crippen molar-refractivity contribution >= 4 is 28.8 Å². The monoisotopic (exact) mass is 343 g/mol. The number of para-hydroxylation sites is 3. The first-order valence-corrected chi connectivity index (χ1v) is 8.31. The molecule has 3 N–H and O–H groups in total. The molecular formula is C21H17N3O2. The second-order valence-electron chi connectivity index (χ2n) is 6.06. The highest BCUT2D eigenvalue weighted by molar-refractivity contribution is 6.30. The fourth-order valence-electron chi connectivity index (χ4n) is 3.05. The average Bonchev–Trinajstić information content (AvgIpc) is 2.68. The Morgan fingerprint density at radius 2 is 1.15 bits per heavy atom. The average molecular weight is 343 g/mol. The Bertz CT molecular complexity index is 914. The summed E-state index contributed by atoms with van der Waals surface area (Å²) in [6.45, 7) is 0. The van der Waals surface area contributed by atoms with E-state index in [0.29, 0.717) is 22.6 Å². The highest BCUT2D eigenvalue weighted by Gasteiger charge is 2.50. The minimum Gasteiger partial charge on any atom is -0.348 e. The smallest absolute Gasteiger partial charge is 0.279 e. The normalized spacial score (nSPS) is 14.9. The van der Waals surface area contributed by atoms with Crippen LogP contribution in [0, 0.1) is 0 Å². The van der Waals surface area contributed by atoms with Gasteiger partial charge in [0, 0.05) is 16.9 Å². The van der Waals surface area contributed by atoms with Gasteiger partial charge in [-0.1, -0.05) is 48.5 Å². The van der Waals surface area contributed by atoms with Gasteiger partial charge in [0.1, 0.15) is 0 Å². The number of hydrogen-bond acceptors (Lipinski definition) is 4. The molecule has 0 saturated heterocycles. The molecule has 4 rings (SSSR count). The predicted molar refractivity (Wildman–Crippen MR) is 102 cm³/mol.